The number of anilines is 1. The third kappa shape index (κ3) is 1.87. The van der Waals surface area contributed by atoms with Crippen molar-refractivity contribution in [2.24, 2.45) is 0 Å². The minimum atomic E-state index is 0.819. The molecule has 3 nitrogen and oxygen atoms in total. The van der Waals surface area contributed by atoms with E-state index in [1.165, 1.54) is 5.56 Å². The number of aromatic nitrogens is 1. The predicted molar refractivity (Wildman–Crippen MR) is 56.6 cm³/mol. The molecule has 2 rings (SSSR count). The normalized spacial score (nSPS) is 17.1. The molecule has 0 N–H and O–H groups in total. The molecule has 1 fully saturated rings. The van der Waals surface area contributed by atoms with E-state index in [1.807, 2.05) is 12.3 Å². The molecule has 1 aliphatic heterocycles. The van der Waals surface area contributed by atoms with Crippen LogP contribution in [0.2, 0.25) is 0 Å². The van der Waals surface area contributed by atoms with Gasteiger partial charge in [-0.15, -0.1) is 0 Å². The number of aryl methyl sites for hydroxylation is 1. The van der Waals surface area contributed by atoms with Gasteiger partial charge in [0.2, 0.25) is 0 Å². The van der Waals surface area contributed by atoms with Crippen LogP contribution in [0.1, 0.15) is 12.5 Å². The number of hydrogen-bond acceptors (Lipinski definition) is 3. The summed E-state index contributed by atoms with van der Waals surface area (Å²) in [6.07, 6.45) is 2.91. The van der Waals surface area contributed by atoms with Crippen molar-refractivity contribution in [1.82, 2.24) is 4.98 Å². The minimum Gasteiger partial charge on any atom is -0.378 e. The fourth-order valence-electron chi connectivity index (χ4n) is 1.77. The maximum absolute atomic E-state index is 5.33. The van der Waals surface area contributed by atoms with Crippen LogP contribution in [0.3, 0.4) is 0 Å². The molecule has 1 aromatic rings. The molecule has 2 heterocycles. The van der Waals surface area contributed by atoms with Gasteiger partial charge in [0.15, 0.2) is 0 Å². The van der Waals surface area contributed by atoms with Crippen molar-refractivity contribution >= 4 is 5.82 Å². The van der Waals surface area contributed by atoms with Crippen LogP contribution < -0.4 is 4.90 Å². The average Bonchev–Trinajstić information content (AvgIpc) is 2.30. The van der Waals surface area contributed by atoms with Gasteiger partial charge in [0.25, 0.3) is 0 Å². The summed E-state index contributed by atoms with van der Waals surface area (Å²) in [6.45, 7) is 5.73. The number of nitrogens with zero attached hydrogens (tertiary/aromatic N) is 2. The van der Waals surface area contributed by atoms with Crippen molar-refractivity contribution < 1.29 is 4.74 Å². The average molecular weight is 192 g/mol. The van der Waals surface area contributed by atoms with Gasteiger partial charge in [0.05, 0.1) is 13.2 Å². The van der Waals surface area contributed by atoms with Gasteiger partial charge in [0, 0.05) is 19.3 Å². The van der Waals surface area contributed by atoms with E-state index in [2.05, 4.69) is 22.9 Å². The summed E-state index contributed by atoms with van der Waals surface area (Å²) in [5, 5.41) is 0. The molecule has 3 heteroatoms. The molecule has 1 saturated heterocycles. The Kier molecular flexibility index (Phi) is 2.99. The van der Waals surface area contributed by atoms with Crippen LogP contribution >= 0.6 is 0 Å². The van der Waals surface area contributed by atoms with E-state index in [0.717, 1.165) is 38.5 Å². The third-order valence-electron chi connectivity index (χ3n) is 2.56. The van der Waals surface area contributed by atoms with E-state index in [1.54, 1.807) is 0 Å². The Balaban J connectivity index is 2.20. The lowest BCUT2D eigenvalue weighted by atomic mass is 10.2. The van der Waals surface area contributed by atoms with E-state index in [4.69, 9.17) is 4.74 Å². The molecule has 0 atom stereocenters. The lowest BCUT2D eigenvalue weighted by molar-refractivity contribution is 0.122. The van der Waals surface area contributed by atoms with Crippen LogP contribution in [0, 0.1) is 0 Å². The standard InChI is InChI=1S/C11H16N2O/c1-2-10-4-3-5-12-11(10)13-6-8-14-9-7-13/h3-5H,2,6-9H2,1H3. The Labute approximate surface area is 84.7 Å². The quantitative estimate of drug-likeness (QED) is 0.709. The smallest absolute Gasteiger partial charge is 0.131 e. The topological polar surface area (TPSA) is 25.4 Å². The molecule has 0 bridgehead atoms. The zero-order valence-corrected chi connectivity index (χ0v) is 8.57. The van der Waals surface area contributed by atoms with E-state index < -0.39 is 0 Å². The van der Waals surface area contributed by atoms with Crippen LogP contribution in [-0.2, 0) is 11.2 Å². The first-order valence-electron chi connectivity index (χ1n) is 5.18. The lowest BCUT2D eigenvalue weighted by Gasteiger charge is -2.29. The second-order valence-electron chi connectivity index (χ2n) is 3.44. The van der Waals surface area contributed by atoms with Crippen LogP contribution in [0.5, 0.6) is 0 Å². The summed E-state index contributed by atoms with van der Waals surface area (Å²) in [7, 11) is 0. The third-order valence-corrected chi connectivity index (χ3v) is 2.56. The monoisotopic (exact) mass is 192 g/mol. The molecule has 1 aromatic heterocycles. The van der Waals surface area contributed by atoms with Crippen LogP contribution in [-0.4, -0.2) is 31.3 Å². The summed E-state index contributed by atoms with van der Waals surface area (Å²) in [6, 6.07) is 4.15. The SMILES string of the molecule is CCc1cccnc1N1CCOCC1. The maximum atomic E-state index is 5.33. The first-order chi connectivity index (χ1) is 6.92. The number of ether oxygens (including phenoxy) is 1. The Morgan fingerprint density at radius 2 is 2.21 bits per heavy atom. The summed E-state index contributed by atoms with van der Waals surface area (Å²) < 4.78 is 5.33. The first kappa shape index (κ1) is 9.46. The van der Waals surface area contributed by atoms with Gasteiger partial charge >= 0.3 is 0 Å². The molecule has 0 spiro atoms. The lowest BCUT2D eigenvalue weighted by Crippen LogP contribution is -2.37. The predicted octanol–water partition coefficient (Wildman–Crippen LogP) is 1.48. The van der Waals surface area contributed by atoms with Gasteiger partial charge in [-0.3, -0.25) is 0 Å². The molecule has 0 unspecified atom stereocenters. The highest BCUT2D eigenvalue weighted by molar-refractivity contribution is 5.46. The van der Waals surface area contributed by atoms with Gasteiger partial charge in [-0.2, -0.15) is 0 Å². The van der Waals surface area contributed by atoms with Crippen molar-refractivity contribution in [2.45, 2.75) is 13.3 Å². The molecule has 0 amide bonds. The highest BCUT2D eigenvalue weighted by atomic mass is 16.5. The molecule has 14 heavy (non-hydrogen) atoms. The van der Waals surface area contributed by atoms with Crippen molar-refractivity contribution in [3.05, 3.63) is 23.9 Å². The Morgan fingerprint density at radius 3 is 2.93 bits per heavy atom. The molecule has 76 valence electrons. The molecule has 1 aliphatic rings. The second kappa shape index (κ2) is 4.42. The Morgan fingerprint density at radius 1 is 1.43 bits per heavy atom. The molecule has 0 radical (unpaired) electrons. The molecular weight excluding hydrogens is 176 g/mol. The zero-order chi connectivity index (χ0) is 9.80. The summed E-state index contributed by atoms with van der Waals surface area (Å²) in [5.41, 5.74) is 1.33. The van der Waals surface area contributed by atoms with Gasteiger partial charge < -0.3 is 9.64 Å². The van der Waals surface area contributed by atoms with Crippen molar-refractivity contribution in [3.8, 4) is 0 Å². The molecule has 0 saturated carbocycles. The Bertz CT molecular complexity index is 295. The summed E-state index contributed by atoms with van der Waals surface area (Å²) in [4.78, 5) is 6.75. The number of pyridine rings is 1. The van der Waals surface area contributed by atoms with Crippen LogP contribution in [0.4, 0.5) is 5.82 Å². The highest BCUT2D eigenvalue weighted by Crippen LogP contribution is 2.18. The van der Waals surface area contributed by atoms with Crippen molar-refractivity contribution in [1.29, 1.82) is 0 Å². The van der Waals surface area contributed by atoms with E-state index in [9.17, 15) is 0 Å². The molecule has 0 aliphatic carbocycles. The van der Waals surface area contributed by atoms with Gasteiger partial charge in [-0.25, -0.2) is 4.98 Å². The number of morpholine rings is 1. The van der Waals surface area contributed by atoms with Gasteiger partial charge in [0.1, 0.15) is 5.82 Å². The largest absolute Gasteiger partial charge is 0.378 e. The molecule has 0 aromatic carbocycles. The Hall–Kier alpha value is -1.09. The second-order valence-corrected chi connectivity index (χ2v) is 3.44. The zero-order valence-electron chi connectivity index (χ0n) is 8.57. The van der Waals surface area contributed by atoms with Crippen molar-refractivity contribution in [2.75, 3.05) is 31.2 Å². The van der Waals surface area contributed by atoms with E-state index in [-0.39, 0.29) is 0 Å². The van der Waals surface area contributed by atoms with Crippen LogP contribution in [0.15, 0.2) is 18.3 Å². The van der Waals surface area contributed by atoms with E-state index >= 15 is 0 Å². The van der Waals surface area contributed by atoms with Gasteiger partial charge in [-0.1, -0.05) is 13.0 Å². The number of rotatable bonds is 2. The van der Waals surface area contributed by atoms with E-state index in [0.29, 0.717) is 0 Å². The van der Waals surface area contributed by atoms with Gasteiger partial charge in [-0.05, 0) is 18.1 Å². The fraction of sp³-hybridized carbons (Fsp3) is 0.545. The fourth-order valence-corrected chi connectivity index (χ4v) is 1.77. The number of hydrogen-bond donors (Lipinski definition) is 0. The summed E-state index contributed by atoms with van der Waals surface area (Å²) in [5.74, 6) is 1.14. The first-order valence-corrected chi connectivity index (χ1v) is 5.18. The minimum absolute atomic E-state index is 0.819. The summed E-state index contributed by atoms with van der Waals surface area (Å²) >= 11 is 0. The van der Waals surface area contributed by atoms with Crippen LogP contribution in [0.25, 0.3) is 0 Å². The highest BCUT2D eigenvalue weighted by Gasteiger charge is 2.14. The maximum Gasteiger partial charge on any atom is 0.131 e. The van der Waals surface area contributed by atoms with Crippen molar-refractivity contribution in [3.63, 3.8) is 0 Å². The molecular formula is C11H16N2O.